The van der Waals surface area contributed by atoms with Crippen LogP contribution in [0.3, 0.4) is 0 Å². The number of benzene rings is 3. The Morgan fingerprint density at radius 1 is 1.05 bits per heavy atom. The molecule has 1 saturated heterocycles. The second kappa shape index (κ2) is 10.4. The molecule has 1 fully saturated rings. The van der Waals surface area contributed by atoms with Gasteiger partial charge in [-0.3, -0.25) is 24.5 Å². The van der Waals surface area contributed by atoms with Crippen LogP contribution in [0.25, 0.3) is 10.9 Å². The number of non-ortho nitro benzene ring substituents is 1. The van der Waals surface area contributed by atoms with Crippen molar-refractivity contribution in [2.75, 3.05) is 11.4 Å². The Kier molecular flexibility index (Phi) is 6.92. The van der Waals surface area contributed by atoms with Gasteiger partial charge in [-0.25, -0.2) is 18.5 Å². The van der Waals surface area contributed by atoms with Crippen molar-refractivity contribution in [1.82, 2.24) is 9.88 Å². The van der Waals surface area contributed by atoms with E-state index in [9.17, 15) is 32.9 Å². The highest BCUT2D eigenvalue weighted by Crippen LogP contribution is 2.29. The molecule has 0 radical (unpaired) electrons. The molecule has 1 unspecified atom stereocenters. The van der Waals surface area contributed by atoms with Crippen molar-refractivity contribution in [3.05, 3.63) is 100 Å². The fourth-order valence-corrected chi connectivity index (χ4v) is 5.30. The molecule has 2 heterocycles. The van der Waals surface area contributed by atoms with Gasteiger partial charge in [0, 0.05) is 41.3 Å². The lowest BCUT2D eigenvalue weighted by atomic mass is 10.1. The van der Waals surface area contributed by atoms with Crippen molar-refractivity contribution in [1.29, 1.82) is 0 Å². The van der Waals surface area contributed by atoms with E-state index >= 15 is 0 Å². The van der Waals surface area contributed by atoms with Crippen LogP contribution in [-0.4, -0.2) is 53.5 Å². The minimum Gasteiger partial charge on any atom is -0.361 e. The summed E-state index contributed by atoms with van der Waals surface area (Å²) < 4.78 is 23.2. The molecule has 3 amide bonds. The van der Waals surface area contributed by atoms with Gasteiger partial charge < -0.3 is 9.88 Å². The lowest BCUT2D eigenvalue weighted by Gasteiger charge is -2.28. The average Bonchev–Trinajstić information content (AvgIpc) is 3.48. The molecule has 204 valence electrons. The number of nitrogens with zero attached hydrogens (tertiary/aromatic N) is 3. The SMILES string of the molecule is NS(=O)(=O)c1ccc(N2C(=O)CC(N(CCc3c[nH]c4ccccc34)C(=O)c3ccc([N+](=O)[O-])cc3)C2=O)cc1. The number of imide groups is 1. The number of fused-ring (bicyclic) bond motifs is 1. The molecule has 1 aromatic heterocycles. The molecule has 0 aliphatic carbocycles. The van der Waals surface area contributed by atoms with Gasteiger partial charge in [-0.2, -0.15) is 0 Å². The van der Waals surface area contributed by atoms with Crippen molar-refractivity contribution in [2.24, 2.45) is 5.14 Å². The van der Waals surface area contributed by atoms with E-state index < -0.39 is 38.7 Å². The molecule has 0 bridgehead atoms. The van der Waals surface area contributed by atoms with Gasteiger partial charge in [-0.05, 0) is 54.4 Å². The molecular weight excluding hydrogens is 538 g/mol. The Balaban J connectivity index is 1.46. The minimum absolute atomic E-state index is 0.0829. The van der Waals surface area contributed by atoms with Crippen LogP contribution >= 0.6 is 0 Å². The van der Waals surface area contributed by atoms with E-state index in [-0.39, 0.29) is 34.8 Å². The highest BCUT2D eigenvalue weighted by atomic mass is 32.2. The van der Waals surface area contributed by atoms with Gasteiger partial charge in [0.2, 0.25) is 15.9 Å². The molecule has 0 spiro atoms. The molecule has 13 heteroatoms. The summed E-state index contributed by atoms with van der Waals surface area (Å²) in [6.07, 6.45) is 1.90. The number of anilines is 1. The number of nitro benzene ring substituents is 1. The Morgan fingerprint density at radius 3 is 2.38 bits per heavy atom. The highest BCUT2D eigenvalue weighted by molar-refractivity contribution is 7.89. The number of amides is 3. The van der Waals surface area contributed by atoms with Gasteiger partial charge in [0.25, 0.3) is 17.5 Å². The predicted octanol–water partition coefficient (Wildman–Crippen LogP) is 2.74. The van der Waals surface area contributed by atoms with Crippen molar-refractivity contribution in [3.8, 4) is 0 Å². The second-order valence-electron chi connectivity index (χ2n) is 9.24. The maximum atomic E-state index is 13.7. The van der Waals surface area contributed by atoms with E-state index in [1.807, 2.05) is 30.5 Å². The molecule has 3 aromatic carbocycles. The van der Waals surface area contributed by atoms with Gasteiger partial charge in [0.1, 0.15) is 6.04 Å². The first-order valence-corrected chi connectivity index (χ1v) is 13.7. The third-order valence-electron chi connectivity index (χ3n) is 6.81. The number of nitro groups is 1. The van der Waals surface area contributed by atoms with Crippen LogP contribution in [0, 0.1) is 10.1 Å². The lowest BCUT2D eigenvalue weighted by Crippen LogP contribution is -2.46. The number of rotatable bonds is 8. The van der Waals surface area contributed by atoms with Crippen LogP contribution in [0.5, 0.6) is 0 Å². The Labute approximate surface area is 228 Å². The summed E-state index contributed by atoms with van der Waals surface area (Å²) >= 11 is 0. The lowest BCUT2D eigenvalue weighted by molar-refractivity contribution is -0.384. The van der Waals surface area contributed by atoms with Crippen LogP contribution in [0.1, 0.15) is 22.3 Å². The number of carbonyl (C=O) groups excluding carboxylic acids is 3. The van der Waals surface area contributed by atoms with Gasteiger partial charge in [0.05, 0.1) is 21.9 Å². The minimum atomic E-state index is -3.98. The number of H-pyrrole nitrogens is 1. The number of hydrogen-bond acceptors (Lipinski definition) is 7. The summed E-state index contributed by atoms with van der Waals surface area (Å²) in [5.41, 5.74) is 1.89. The number of hydrogen-bond donors (Lipinski definition) is 2. The van der Waals surface area contributed by atoms with E-state index in [1.165, 1.54) is 53.4 Å². The zero-order valence-electron chi connectivity index (χ0n) is 20.9. The van der Waals surface area contributed by atoms with Crippen LogP contribution in [0.2, 0.25) is 0 Å². The summed E-state index contributed by atoms with van der Waals surface area (Å²) in [6, 6.07) is 16.5. The van der Waals surface area contributed by atoms with E-state index in [0.717, 1.165) is 21.4 Å². The van der Waals surface area contributed by atoms with Gasteiger partial charge in [-0.15, -0.1) is 0 Å². The van der Waals surface area contributed by atoms with E-state index in [4.69, 9.17) is 5.14 Å². The highest BCUT2D eigenvalue weighted by Gasteiger charge is 2.44. The Bertz CT molecular complexity index is 1750. The van der Waals surface area contributed by atoms with E-state index in [2.05, 4.69) is 4.98 Å². The van der Waals surface area contributed by atoms with Crippen molar-refractivity contribution in [3.63, 3.8) is 0 Å². The van der Waals surface area contributed by atoms with Crippen molar-refractivity contribution < 1.29 is 27.7 Å². The molecule has 3 N–H and O–H groups in total. The monoisotopic (exact) mass is 561 g/mol. The number of sulfonamides is 1. The number of nitrogens with one attached hydrogen (secondary N) is 1. The third kappa shape index (κ3) is 5.07. The number of nitrogens with two attached hydrogens (primary N) is 1. The predicted molar refractivity (Wildman–Crippen MR) is 145 cm³/mol. The number of aromatic amines is 1. The smallest absolute Gasteiger partial charge is 0.269 e. The van der Waals surface area contributed by atoms with Crippen molar-refractivity contribution in [2.45, 2.75) is 23.8 Å². The Hall–Kier alpha value is -4.88. The number of carbonyl (C=O) groups is 3. The summed E-state index contributed by atoms with van der Waals surface area (Å²) in [7, 11) is -3.98. The van der Waals surface area contributed by atoms with E-state index in [0.29, 0.717) is 6.42 Å². The van der Waals surface area contributed by atoms with Gasteiger partial charge in [-0.1, -0.05) is 18.2 Å². The molecule has 5 rings (SSSR count). The van der Waals surface area contributed by atoms with Crippen LogP contribution < -0.4 is 10.0 Å². The van der Waals surface area contributed by atoms with Crippen LogP contribution in [0.4, 0.5) is 11.4 Å². The summed E-state index contributed by atoms with van der Waals surface area (Å²) in [5, 5.41) is 17.2. The molecule has 12 nitrogen and oxygen atoms in total. The zero-order valence-corrected chi connectivity index (χ0v) is 21.7. The van der Waals surface area contributed by atoms with Crippen LogP contribution in [-0.2, 0) is 26.0 Å². The first-order chi connectivity index (χ1) is 19.0. The average molecular weight is 562 g/mol. The van der Waals surface area contributed by atoms with Gasteiger partial charge in [0.15, 0.2) is 0 Å². The topological polar surface area (TPSA) is 177 Å². The molecule has 1 aliphatic heterocycles. The fourth-order valence-electron chi connectivity index (χ4n) is 4.79. The first-order valence-electron chi connectivity index (χ1n) is 12.1. The molecule has 40 heavy (non-hydrogen) atoms. The van der Waals surface area contributed by atoms with Gasteiger partial charge >= 0.3 is 0 Å². The van der Waals surface area contributed by atoms with E-state index in [1.54, 1.807) is 0 Å². The number of primary sulfonamides is 1. The largest absolute Gasteiger partial charge is 0.361 e. The maximum Gasteiger partial charge on any atom is 0.269 e. The van der Waals surface area contributed by atoms with Crippen molar-refractivity contribution >= 4 is 50.0 Å². The normalized spacial score (nSPS) is 15.5. The fraction of sp³-hybridized carbons (Fsp3) is 0.148. The summed E-state index contributed by atoms with van der Waals surface area (Å²) in [5.74, 6) is -1.78. The molecule has 1 atom stereocenters. The summed E-state index contributed by atoms with van der Waals surface area (Å²) in [4.78, 5) is 56.0. The standard InChI is InChI=1S/C27H23N5O7S/c28-40(38,39)21-11-9-19(10-12-21)31-25(33)15-24(27(31)35)30(26(34)17-5-7-20(8-6-17)32(36)37)14-13-18-16-29-23-4-2-1-3-22(18)23/h1-12,16,24,29H,13-15H2,(H2,28,38,39). The molecule has 4 aromatic rings. The second-order valence-corrected chi connectivity index (χ2v) is 10.8. The van der Waals surface area contributed by atoms with Crippen LogP contribution in [0.15, 0.2) is 83.9 Å². The summed E-state index contributed by atoms with van der Waals surface area (Å²) in [6.45, 7) is 0.0829. The quantitative estimate of drug-likeness (QED) is 0.189. The number of para-hydroxylation sites is 1. The third-order valence-corrected chi connectivity index (χ3v) is 7.73. The Morgan fingerprint density at radius 2 is 1.73 bits per heavy atom. The first kappa shape index (κ1) is 26.7. The molecule has 1 aliphatic rings. The zero-order chi connectivity index (χ0) is 28.6. The molecular formula is C27H23N5O7S. The number of aromatic nitrogens is 1. The molecule has 0 saturated carbocycles. The maximum absolute atomic E-state index is 13.7.